The van der Waals surface area contributed by atoms with Gasteiger partial charge >= 0.3 is 21.9 Å². The van der Waals surface area contributed by atoms with Crippen molar-refractivity contribution in [3.05, 3.63) is 80.6 Å². The molecule has 0 amide bonds. The van der Waals surface area contributed by atoms with E-state index in [9.17, 15) is 33.4 Å². The van der Waals surface area contributed by atoms with Crippen LogP contribution in [-0.4, -0.2) is 57.3 Å². The number of ether oxygens (including phenoxy) is 1. The van der Waals surface area contributed by atoms with E-state index in [0.29, 0.717) is 12.1 Å². The first-order valence-electron chi connectivity index (χ1n) is 11.0. The fraction of sp³-hybridized carbons (Fsp3) is 0.381. The van der Waals surface area contributed by atoms with Crippen molar-refractivity contribution in [3.8, 4) is 0 Å². The summed E-state index contributed by atoms with van der Waals surface area (Å²) < 4.78 is 36.6. The van der Waals surface area contributed by atoms with Gasteiger partial charge in [0.15, 0.2) is 4.90 Å². The van der Waals surface area contributed by atoms with Gasteiger partial charge in [-0.05, 0) is 23.5 Å². The van der Waals surface area contributed by atoms with Crippen molar-refractivity contribution in [2.45, 2.75) is 37.8 Å². The summed E-state index contributed by atoms with van der Waals surface area (Å²) in [6.07, 6.45) is 7.05. The smallest absolute Gasteiger partial charge is 0.319 e. The molecule has 3 rings (SSSR count). The van der Waals surface area contributed by atoms with Gasteiger partial charge in [-0.1, -0.05) is 24.3 Å². The Balaban J connectivity index is 1.79. The van der Waals surface area contributed by atoms with E-state index in [1.165, 1.54) is 34.0 Å². The van der Waals surface area contributed by atoms with Crippen molar-refractivity contribution >= 4 is 21.8 Å². The van der Waals surface area contributed by atoms with Crippen LogP contribution in [0.4, 0.5) is 5.69 Å². The lowest BCUT2D eigenvalue weighted by molar-refractivity contribution is -0.445. The second kappa shape index (κ2) is 11.7. The quantitative estimate of drug-likeness (QED) is 0.166. The fourth-order valence-electron chi connectivity index (χ4n) is 3.39. The molecule has 0 saturated heterocycles. The predicted octanol–water partition coefficient (Wildman–Crippen LogP) is 2.17. The van der Waals surface area contributed by atoms with E-state index in [-0.39, 0.29) is 24.9 Å². The van der Waals surface area contributed by atoms with Crippen molar-refractivity contribution in [2.24, 2.45) is 5.92 Å². The minimum Gasteiger partial charge on any atom is -0.463 e. The molecular weight excluding hydrogens is 512 g/mol. The molecule has 16 heteroatoms. The van der Waals surface area contributed by atoms with Gasteiger partial charge in [0, 0.05) is 25.0 Å². The maximum Gasteiger partial charge on any atom is 0.319 e. The summed E-state index contributed by atoms with van der Waals surface area (Å²) >= 11 is 0. The first-order valence-corrected chi connectivity index (χ1v) is 12.4. The van der Waals surface area contributed by atoms with E-state index in [2.05, 4.69) is 10.3 Å². The van der Waals surface area contributed by atoms with Crippen LogP contribution in [0.15, 0.2) is 59.5 Å². The molecule has 2 atom stereocenters. The van der Waals surface area contributed by atoms with E-state index < -0.39 is 49.2 Å². The average Bonchev–Trinajstić information content (AvgIpc) is 3.32. The molecule has 15 nitrogen and oxygen atoms in total. The predicted molar refractivity (Wildman–Crippen MR) is 125 cm³/mol. The molecule has 1 aromatic carbocycles. The van der Waals surface area contributed by atoms with Crippen molar-refractivity contribution in [1.29, 1.82) is 0 Å². The van der Waals surface area contributed by atoms with Gasteiger partial charge in [0.1, 0.15) is 24.9 Å². The van der Waals surface area contributed by atoms with Gasteiger partial charge in [0.25, 0.3) is 5.69 Å². The zero-order valence-corrected chi connectivity index (χ0v) is 20.7. The molecule has 0 fully saturated rings. The number of nitrogens with zero attached hydrogens (tertiary/aromatic N) is 6. The summed E-state index contributed by atoms with van der Waals surface area (Å²) in [4.78, 5) is 33.5. The number of hydrogen-bond donors (Lipinski definition) is 0. The van der Waals surface area contributed by atoms with Gasteiger partial charge in [-0.2, -0.15) is 8.42 Å². The molecule has 1 aliphatic heterocycles. The Morgan fingerprint density at radius 1 is 1.19 bits per heavy atom. The van der Waals surface area contributed by atoms with E-state index >= 15 is 0 Å². The van der Waals surface area contributed by atoms with Crippen LogP contribution in [0.3, 0.4) is 0 Å². The number of aromatic nitrogens is 3. The highest BCUT2D eigenvalue weighted by atomic mass is 32.2. The third kappa shape index (κ3) is 6.95. The molecule has 2 heterocycles. The Labute approximate surface area is 211 Å². The maximum absolute atomic E-state index is 12.7. The Kier molecular flexibility index (Phi) is 8.67. The monoisotopic (exact) mass is 536 g/mol. The van der Waals surface area contributed by atoms with E-state index in [1.807, 2.05) is 13.0 Å². The summed E-state index contributed by atoms with van der Waals surface area (Å²) in [5, 5.41) is 30.6. The number of carbonyl (C=O) groups is 1. The molecule has 2 unspecified atom stereocenters. The van der Waals surface area contributed by atoms with Gasteiger partial charge in [-0.3, -0.25) is 19.1 Å². The molecule has 0 radical (unpaired) electrons. The highest BCUT2D eigenvalue weighted by Crippen LogP contribution is 2.26. The van der Waals surface area contributed by atoms with Crippen LogP contribution in [0.2, 0.25) is 0 Å². The first kappa shape index (κ1) is 27.4. The molecule has 37 heavy (non-hydrogen) atoms. The molecular formula is C21H24N6O9S. The summed E-state index contributed by atoms with van der Waals surface area (Å²) in [5.74, 6) is -0.823. The third-order valence-corrected chi connectivity index (χ3v) is 6.65. The third-order valence-electron chi connectivity index (χ3n) is 5.32. The molecule has 198 valence electrons. The van der Waals surface area contributed by atoms with Gasteiger partial charge in [0.2, 0.25) is 0 Å². The summed E-state index contributed by atoms with van der Waals surface area (Å²) in [6, 6.07) is 3.72. The van der Waals surface area contributed by atoms with Crippen LogP contribution in [-0.2, 0) is 30.4 Å². The standard InChI is InChI=1S/C21H24N6O9S/c1-3-16-8-9-24(21(10-16)27(31)32)11-17-12-25(23-22-17)18(13-35-15(2)28)14-36-37(33,34)20-7-5-4-6-19(20)26(29)30/h4-10,12,16,18H,3,11,13-14H2,1-2H3. The summed E-state index contributed by atoms with van der Waals surface area (Å²) in [7, 11) is -4.56. The van der Waals surface area contributed by atoms with E-state index in [0.717, 1.165) is 19.1 Å². The molecule has 0 saturated carbocycles. The molecule has 1 aromatic heterocycles. The first-order chi connectivity index (χ1) is 17.5. The van der Waals surface area contributed by atoms with Gasteiger partial charge < -0.3 is 14.9 Å². The number of para-hydroxylation sites is 1. The molecule has 2 aromatic rings. The summed E-state index contributed by atoms with van der Waals surface area (Å²) in [6.45, 7) is 2.13. The van der Waals surface area contributed by atoms with Crippen LogP contribution >= 0.6 is 0 Å². The molecule has 0 N–H and O–H groups in total. The number of nitro benzene ring substituents is 1. The zero-order valence-electron chi connectivity index (χ0n) is 19.9. The van der Waals surface area contributed by atoms with Gasteiger partial charge in [-0.15, -0.1) is 5.10 Å². The highest BCUT2D eigenvalue weighted by Gasteiger charge is 2.29. The average molecular weight is 537 g/mol. The molecule has 0 spiro atoms. The Morgan fingerprint density at radius 3 is 2.57 bits per heavy atom. The topological polar surface area (TPSA) is 190 Å². The fourth-order valence-corrected chi connectivity index (χ4v) is 4.50. The maximum atomic E-state index is 12.7. The van der Waals surface area contributed by atoms with Crippen LogP contribution in [0.5, 0.6) is 0 Å². The molecule has 0 bridgehead atoms. The van der Waals surface area contributed by atoms with E-state index in [1.54, 1.807) is 6.20 Å². The van der Waals surface area contributed by atoms with Crippen molar-refractivity contribution in [1.82, 2.24) is 19.9 Å². The van der Waals surface area contributed by atoms with Crippen molar-refractivity contribution in [3.63, 3.8) is 0 Å². The minimum atomic E-state index is -4.56. The van der Waals surface area contributed by atoms with E-state index in [4.69, 9.17) is 8.92 Å². The second-order valence-corrected chi connectivity index (χ2v) is 9.52. The molecule has 0 aliphatic carbocycles. The number of allylic oxidation sites excluding steroid dienone is 2. The second-order valence-electron chi connectivity index (χ2n) is 7.93. The summed E-state index contributed by atoms with van der Waals surface area (Å²) in [5.41, 5.74) is -0.349. The van der Waals surface area contributed by atoms with Crippen LogP contribution in [0, 0.1) is 26.1 Å². The van der Waals surface area contributed by atoms with Crippen LogP contribution in [0.25, 0.3) is 0 Å². The number of carbonyl (C=O) groups excluding carboxylic acids is 1. The zero-order chi connectivity index (χ0) is 27.2. The lowest BCUT2D eigenvalue weighted by atomic mass is 10.0. The largest absolute Gasteiger partial charge is 0.463 e. The number of rotatable bonds is 12. The minimum absolute atomic E-state index is 0.00456. The Bertz CT molecular complexity index is 1340. The Hall–Kier alpha value is -4.18. The van der Waals surface area contributed by atoms with Gasteiger partial charge in [-0.25, -0.2) is 9.58 Å². The lowest BCUT2D eigenvalue weighted by Gasteiger charge is -2.19. The SMILES string of the molecule is CCC1C=CN(Cc2cn(C(COC(C)=O)COS(=O)(=O)c3ccccc3[N+](=O)[O-])nn2)C([N+](=O)[O-])=C1. The van der Waals surface area contributed by atoms with Crippen molar-refractivity contribution in [2.75, 3.05) is 13.2 Å². The normalized spacial score (nSPS) is 16.2. The van der Waals surface area contributed by atoms with Gasteiger partial charge in [0.05, 0.1) is 23.9 Å². The number of nitro groups is 2. The number of benzene rings is 1. The molecule has 1 aliphatic rings. The number of esters is 1. The van der Waals surface area contributed by atoms with Crippen LogP contribution in [0.1, 0.15) is 32.0 Å². The Morgan fingerprint density at radius 2 is 1.92 bits per heavy atom. The van der Waals surface area contributed by atoms with Crippen LogP contribution < -0.4 is 0 Å². The number of hydrogen-bond acceptors (Lipinski definition) is 12. The lowest BCUT2D eigenvalue weighted by Crippen LogP contribution is -2.26. The van der Waals surface area contributed by atoms with Crippen molar-refractivity contribution < 1.29 is 32.0 Å². The highest BCUT2D eigenvalue weighted by molar-refractivity contribution is 7.87.